The van der Waals surface area contributed by atoms with Crippen LogP contribution in [0.4, 0.5) is 4.79 Å². The van der Waals surface area contributed by atoms with Crippen molar-refractivity contribution in [3.05, 3.63) is 72.2 Å². The maximum Gasteiger partial charge on any atom is 0.410 e. The predicted octanol–water partition coefficient (Wildman–Crippen LogP) is 3.49. The van der Waals surface area contributed by atoms with E-state index in [0.717, 1.165) is 29.7 Å². The molecule has 1 amide bonds. The van der Waals surface area contributed by atoms with Crippen molar-refractivity contribution in [2.24, 2.45) is 0 Å². The van der Waals surface area contributed by atoms with Gasteiger partial charge in [0.15, 0.2) is 0 Å². The number of hydrogen-bond donors (Lipinski definition) is 1. The molecular weight excluding hydrogens is 354 g/mol. The summed E-state index contributed by atoms with van der Waals surface area (Å²) < 4.78 is 7.52. The molecule has 2 unspecified atom stereocenters. The molecule has 2 aliphatic rings. The molecule has 4 heterocycles. The fraction of sp³-hybridized carbons (Fsp3) is 0.364. The fourth-order valence-electron chi connectivity index (χ4n) is 4.85. The first kappa shape index (κ1) is 17.3. The van der Waals surface area contributed by atoms with Gasteiger partial charge in [-0.05, 0) is 30.5 Å². The highest BCUT2D eigenvalue weighted by Crippen LogP contribution is 2.46. The monoisotopic (exact) mass is 377 g/mol. The highest BCUT2D eigenvalue weighted by molar-refractivity contribution is 5.69. The van der Waals surface area contributed by atoms with Gasteiger partial charge < -0.3 is 19.1 Å². The number of aliphatic hydroxyl groups is 1. The first-order valence-corrected chi connectivity index (χ1v) is 9.78. The largest absolute Gasteiger partial charge is 0.445 e. The number of nitrogens with zero attached hydrogens (tertiary/aromatic N) is 3. The number of piperidine rings is 1. The number of hydrogen-bond acceptors (Lipinski definition) is 4. The third-order valence-electron chi connectivity index (χ3n) is 6.09. The molecule has 2 aliphatic heterocycles. The lowest BCUT2D eigenvalue weighted by Gasteiger charge is -2.43. The second-order valence-corrected chi connectivity index (χ2v) is 7.84. The summed E-state index contributed by atoms with van der Waals surface area (Å²) in [6.45, 7) is 0.272. The Labute approximate surface area is 163 Å². The van der Waals surface area contributed by atoms with Gasteiger partial charge in [0.05, 0.1) is 5.69 Å². The van der Waals surface area contributed by atoms with Crippen LogP contribution in [-0.4, -0.2) is 37.6 Å². The molecule has 1 N–H and O–H groups in total. The van der Waals surface area contributed by atoms with Crippen molar-refractivity contribution in [2.45, 2.75) is 50.0 Å². The lowest BCUT2D eigenvalue weighted by atomic mass is 9.83. The van der Waals surface area contributed by atoms with E-state index in [-0.39, 0.29) is 24.8 Å². The molecule has 2 atom stereocenters. The maximum absolute atomic E-state index is 12.8. The van der Waals surface area contributed by atoms with Crippen LogP contribution in [0.15, 0.2) is 60.9 Å². The Morgan fingerprint density at radius 1 is 1.11 bits per heavy atom. The number of carbonyl (C=O) groups excluding carboxylic acids is 1. The molecule has 6 heteroatoms. The SMILES string of the molecule is O=C(OCc1ccccc1)N1C2CCC1CC(O)(c1cccc3nccn13)C2. The summed E-state index contributed by atoms with van der Waals surface area (Å²) >= 11 is 0. The summed E-state index contributed by atoms with van der Waals surface area (Å²) in [5.74, 6) is 0. The smallest absolute Gasteiger partial charge is 0.410 e. The molecule has 2 bridgehead atoms. The normalized spacial score (nSPS) is 26.5. The van der Waals surface area contributed by atoms with Crippen LogP contribution in [0, 0.1) is 0 Å². The summed E-state index contributed by atoms with van der Waals surface area (Å²) in [4.78, 5) is 18.9. The van der Waals surface area contributed by atoms with E-state index in [0.29, 0.717) is 12.8 Å². The number of benzene rings is 1. The minimum atomic E-state index is -0.970. The van der Waals surface area contributed by atoms with E-state index in [9.17, 15) is 9.90 Å². The number of amides is 1. The van der Waals surface area contributed by atoms with Crippen molar-refractivity contribution < 1.29 is 14.6 Å². The minimum Gasteiger partial charge on any atom is -0.445 e. The number of ether oxygens (including phenoxy) is 1. The third-order valence-corrected chi connectivity index (χ3v) is 6.09. The van der Waals surface area contributed by atoms with E-state index in [4.69, 9.17) is 4.74 Å². The van der Waals surface area contributed by atoms with Gasteiger partial charge in [-0.15, -0.1) is 0 Å². The van der Waals surface area contributed by atoms with E-state index in [1.165, 1.54) is 0 Å². The van der Waals surface area contributed by atoms with Gasteiger partial charge in [-0.2, -0.15) is 0 Å². The Balaban J connectivity index is 1.34. The Morgan fingerprint density at radius 2 is 1.86 bits per heavy atom. The van der Waals surface area contributed by atoms with Crippen LogP contribution in [-0.2, 0) is 16.9 Å². The Morgan fingerprint density at radius 3 is 2.61 bits per heavy atom. The van der Waals surface area contributed by atoms with E-state index >= 15 is 0 Å². The van der Waals surface area contributed by atoms with E-state index in [1.54, 1.807) is 6.20 Å². The van der Waals surface area contributed by atoms with Crippen molar-refractivity contribution in [3.8, 4) is 0 Å². The van der Waals surface area contributed by atoms with Crippen molar-refractivity contribution in [1.82, 2.24) is 14.3 Å². The Hall–Kier alpha value is -2.86. The number of imidazole rings is 1. The molecule has 3 aromatic rings. The Bertz CT molecular complexity index is 986. The molecule has 2 fully saturated rings. The van der Waals surface area contributed by atoms with Crippen LogP contribution in [0.25, 0.3) is 5.65 Å². The summed E-state index contributed by atoms with van der Waals surface area (Å²) in [5, 5.41) is 11.5. The van der Waals surface area contributed by atoms with Crippen LogP contribution < -0.4 is 0 Å². The van der Waals surface area contributed by atoms with Crippen LogP contribution in [0.3, 0.4) is 0 Å². The molecule has 2 aromatic heterocycles. The first-order chi connectivity index (χ1) is 13.6. The average molecular weight is 377 g/mol. The first-order valence-electron chi connectivity index (χ1n) is 9.78. The van der Waals surface area contributed by atoms with Crippen molar-refractivity contribution in [2.75, 3.05) is 0 Å². The van der Waals surface area contributed by atoms with E-state index in [2.05, 4.69) is 4.98 Å². The summed E-state index contributed by atoms with van der Waals surface area (Å²) in [7, 11) is 0. The molecule has 1 aromatic carbocycles. The van der Waals surface area contributed by atoms with Gasteiger partial charge in [-0.3, -0.25) is 0 Å². The van der Waals surface area contributed by atoms with E-state index < -0.39 is 5.60 Å². The van der Waals surface area contributed by atoms with Gasteiger partial charge >= 0.3 is 6.09 Å². The number of rotatable bonds is 3. The maximum atomic E-state index is 12.8. The van der Waals surface area contributed by atoms with Crippen LogP contribution >= 0.6 is 0 Å². The zero-order valence-corrected chi connectivity index (χ0v) is 15.6. The van der Waals surface area contributed by atoms with Gasteiger partial charge in [-0.25, -0.2) is 9.78 Å². The lowest BCUT2D eigenvalue weighted by molar-refractivity contribution is -0.0571. The standard InChI is InChI=1S/C22H23N3O3/c26-21(28-15-16-5-2-1-3-6-16)25-17-9-10-18(25)14-22(27,13-17)19-7-4-8-20-23-11-12-24(19)20/h1-8,11-12,17-18,27H,9-10,13-15H2. The average Bonchev–Trinajstić information content (AvgIpc) is 3.30. The van der Waals surface area contributed by atoms with Crippen LogP contribution in [0.2, 0.25) is 0 Å². The van der Waals surface area contributed by atoms with Crippen molar-refractivity contribution >= 4 is 11.7 Å². The van der Waals surface area contributed by atoms with Gasteiger partial charge in [0.25, 0.3) is 0 Å². The molecule has 0 aliphatic carbocycles. The zero-order valence-electron chi connectivity index (χ0n) is 15.6. The predicted molar refractivity (Wildman–Crippen MR) is 104 cm³/mol. The minimum absolute atomic E-state index is 0.00852. The third kappa shape index (κ3) is 2.85. The second-order valence-electron chi connectivity index (χ2n) is 7.84. The van der Waals surface area contributed by atoms with E-state index in [1.807, 2.05) is 64.0 Å². The van der Waals surface area contributed by atoms with Gasteiger partial charge in [-0.1, -0.05) is 36.4 Å². The molecule has 28 heavy (non-hydrogen) atoms. The second kappa shape index (κ2) is 6.63. The number of fused-ring (bicyclic) bond motifs is 3. The topological polar surface area (TPSA) is 67.1 Å². The fourth-order valence-corrected chi connectivity index (χ4v) is 4.85. The molecular formula is C22H23N3O3. The summed E-state index contributed by atoms with van der Waals surface area (Å²) in [6.07, 6.45) is 6.17. The van der Waals surface area contributed by atoms with Crippen LogP contribution in [0.5, 0.6) is 0 Å². The van der Waals surface area contributed by atoms with Gasteiger partial charge in [0, 0.05) is 37.3 Å². The highest BCUT2D eigenvalue weighted by Gasteiger charge is 2.51. The lowest BCUT2D eigenvalue weighted by Crippen LogP contribution is -2.52. The summed E-state index contributed by atoms with van der Waals surface area (Å²) in [5.41, 5.74) is 1.67. The molecule has 0 radical (unpaired) electrons. The summed E-state index contributed by atoms with van der Waals surface area (Å²) in [6, 6.07) is 15.5. The Kier molecular flexibility index (Phi) is 4.09. The highest BCUT2D eigenvalue weighted by atomic mass is 16.6. The number of aromatic nitrogens is 2. The van der Waals surface area contributed by atoms with Gasteiger partial charge in [0.2, 0.25) is 0 Å². The number of carbonyl (C=O) groups is 1. The molecule has 144 valence electrons. The number of pyridine rings is 1. The molecule has 0 saturated carbocycles. The van der Waals surface area contributed by atoms with Crippen molar-refractivity contribution in [3.63, 3.8) is 0 Å². The van der Waals surface area contributed by atoms with Crippen LogP contribution in [0.1, 0.15) is 36.9 Å². The molecule has 0 spiro atoms. The van der Waals surface area contributed by atoms with Gasteiger partial charge in [0.1, 0.15) is 17.9 Å². The zero-order chi connectivity index (χ0) is 19.1. The molecule has 6 nitrogen and oxygen atoms in total. The quantitative estimate of drug-likeness (QED) is 0.759. The van der Waals surface area contributed by atoms with Crippen molar-refractivity contribution in [1.29, 1.82) is 0 Å². The molecule has 2 saturated heterocycles. The molecule has 5 rings (SSSR count).